The zero-order valence-electron chi connectivity index (χ0n) is 13.7. The molecule has 0 saturated carbocycles. The van der Waals surface area contributed by atoms with Crippen molar-refractivity contribution in [2.45, 2.75) is 19.8 Å². The summed E-state index contributed by atoms with van der Waals surface area (Å²) in [5.74, 6) is 6.31. The van der Waals surface area contributed by atoms with Crippen molar-refractivity contribution in [3.63, 3.8) is 0 Å². The van der Waals surface area contributed by atoms with Gasteiger partial charge in [-0.2, -0.15) is 0 Å². The van der Waals surface area contributed by atoms with Crippen LogP contribution < -0.4 is 11.1 Å². The fourth-order valence-corrected chi connectivity index (χ4v) is 2.35. The molecule has 0 atom stereocenters. The van der Waals surface area contributed by atoms with Gasteiger partial charge in [-0.3, -0.25) is 0 Å². The summed E-state index contributed by atoms with van der Waals surface area (Å²) in [5, 5.41) is 3.41. The molecule has 118 valence electrons. The van der Waals surface area contributed by atoms with Crippen LogP contribution in [0, 0.1) is 11.8 Å². The van der Waals surface area contributed by atoms with Gasteiger partial charge in [-0.15, -0.1) is 0 Å². The molecule has 0 heterocycles. The summed E-state index contributed by atoms with van der Waals surface area (Å²) in [6.45, 7) is 3.95. The molecule has 2 rings (SSSR count). The number of rotatable bonds is 6. The Hall–Kier alpha value is -2.50. The van der Waals surface area contributed by atoms with E-state index in [0.717, 1.165) is 37.2 Å². The Morgan fingerprint density at radius 2 is 1.96 bits per heavy atom. The van der Waals surface area contributed by atoms with E-state index in [4.69, 9.17) is 5.73 Å². The van der Waals surface area contributed by atoms with Crippen LogP contribution in [0.25, 0.3) is 5.57 Å². The number of nitrogens with one attached hydrogen (secondary N) is 1. The highest BCUT2D eigenvalue weighted by Crippen LogP contribution is 2.16. The molecule has 0 amide bonds. The highest BCUT2D eigenvalue weighted by molar-refractivity contribution is 5.65. The first-order chi connectivity index (χ1) is 11.3. The second-order valence-electron chi connectivity index (χ2n) is 5.33. The summed E-state index contributed by atoms with van der Waals surface area (Å²) in [6, 6.07) is 18.2. The predicted octanol–water partition coefficient (Wildman–Crippen LogP) is 4.09. The summed E-state index contributed by atoms with van der Waals surface area (Å²) in [7, 11) is 0. The van der Waals surface area contributed by atoms with E-state index in [2.05, 4.69) is 54.4 Å². The molecular formula is C21H24N2. The molecule has 0 aliphatic carbocycles. The normalized spacial score (nSPS) is 10.9. The highest BCUT2D eigenvalue weighted by atomic mass is 14.8. The number of anilines is 1. The van der Waals surface area contributed by atoms with Crippen LogP contribution in [0.5, 0.6) is 0 Å². The first-order valence-electron chi connectivity index (χ1n) is 8.09. The number of benzene rings is 2. The Morgan fingerprint density at radius 1 is 1.13 bits per heavy atom. The molecule has 3 N–H and O–H groups in total. The molecule has 2 heteroatoms. The van der Waals surface area contributed by atoms with Gasteiger partial charge in [-0.25, -0.2) is 0 Å². The smallest absolute Gasteiger partial charge is 0.0326 e. The van der Waals surface area contributed by atoms with Gasteiger partial charge < -0.3 is 11.1 Å². The molecule has 2 aromatic carbocycles. The van der Waals surface area contributed by atoms with Gasteiger partial charge in [0.25, 0.3) is 0 Å². The van der Waals surface area contributed by atoms with Crippen molar-refractivity contribution in [2.75, 3.05) is 18.8 Å². The molecular weight excluding hydrogens is 280 g/mol. The van der Waals surface area contributed by atoms with Gasteiger partial charge in [-0.05, 0) is 35.8 Å². The Labute approximate surface area is 139 Å². The number of allylic oxidation sites excluding steroid dienone is 1. The monoisotopic (exact) mass is 304 g/mol. The Kier molecular flexibility index (Phi) is 6.97. The van der Waals surface area contributed by atoms with E-state index in [1.807, 2.05) is 30.3 Å². The van der Waals surface area contributed by atoms with E-state index in [1.54, 1.807) is 0 Å². The molecule has 0 fully saturated rings. The average Bonchev–Trinajstić information content (AvgIpc) is 2.58. The summed E-state index contributed by atoms with van der Waals surface area (Å²) in [6.07, 6.45) is 4.14. The second-order valence-corrected chi connectivity index (χ2v) is 5.33. The van der Waals surface area contributed by atoms with Gasteiger partial charge in [0, 0.05) is 30.8 Å². The quantitative estimate of drug-likeness (QED) is 0.479. The minimum atomic E-state index is 0.757. The maximum absolute atomic E-state index is 5.73. The lowest BCUT2D eigenvalue weighted by atomic mass is 10.0. The molecule has 0 unspecified atom stereocenters. The molecule has 0 aromatic heterocycles. The Bertz CT molecular complexity index is 691. The Morgan fingerprint density at radius 3 is 2.70 bits per heavy atom. The van der Waals surface area contributed by atoms with Crippen molar-refractivity contribution in [3.8, 4) is 11.8 Å². The largest absolute Gasteiger partial charge is 0.399 e. The number of hydrogen-bond donors (Lipinski definition) is 2. The molecule has 0 radical (unpaired) electrons. The van der Waals surface area contributed by atoms with Crippen molar-refractivity contribution in [1.29, 1.82) is 0 Å². The van der Waals surface area contributed by atoms with Crippen LogP contribution in [-0.4, -0.2) is 13.1 Å². The van der Waals surface area contributed by atoms with Gasteiger partial charge in [0.2, 0.25) is 0 Å². The molecule has 2 aromatic rings. The van der Waals surface area contributed by atoms with Gasteiger partial charge in [0.05, 0.1) is 0 Å². The van der Waals surface area contributed by atoms with Crippen molar-refractivity contribution in [2.24, 2.45) is 0 Å². The Balaban J connectivity index is 1.74. The fraction of sp³-hybridized carbons (Fsp3) is 0.238. The van der Waals surface area contributed by atoms with Crippen molar-refractivity contribution >= 4 is 11.3 Å². The van der Waals surface area contributed by atoms with E-state index in [9.17, 15) is 0 Å². The average molecular weight is 304 g/mol. The molecule has 2 nitrogen and oxygen atoms in total. The maximum atomic E-state index is 5.73. The van der Waals surface area contributed by atoms with Crippen molar-refractivity contribution in [1.82, 2.24) is 5.32 Å². The second kappa shape index (κ2) is 9.50. The van der Waals surface area contributed by atoms with Gasteiger partial charge in [-0.1, -0.05) is 61.2 Å². The van der Waals surface area contributed by atoms with E-state index < -0.39 is 0 Å². The van der Waals surface area contributed by atoms with E-state index in [1.165, 1.54) is 11.1 Å². The molecule has 0 bridgehead atoms. The third kappa shape index (κ3) is 6.02. The van der Waals surface area contributed by atoms with Gasteiger partial charge >= 0.3 is 0 Å². The SMILES string of the molecule is CC/C(=C\CNCCC#Cc1cccc(N)c1)c1ccccc1. The van der Waals surface area contributed by atoms with Crippen molar-refractivity contribution in [3.05, 3.63) is 71.8 Å². The highest BCUT2D eigenvalue weighted by Gasteiger charge is 1.96. The predicted molar refractivity (Wildman–Crippen MR) is 99.9 cm³/mol. The number of hydrogen-bond acceptors (Lipinski definition) is 2. The van der Waals surface area contributed by atoms with Crippen LogP contribution in [0.2, 0.25) is 0 Å². The van der Waals surface area contributed by atoms with E-state index in [-0.39, 0.29) is 0 Å². The van der Waals surface area contributed by atoms with Gasteiger partial charge in [0.1, 0.15) is 0 Å². The van der Waals surface area contributed by atoms with E-state index >= 15 is 0 Å². The lowest BCUT2D eigenvalue weighted by Gasteiger charge is -2.05. The number of nitrogens with two attached hydrogens (primary N) is 1. The molecule has 0 saturated heterocycles. The maximum Gasteiger partial charge on any atom is 0.0326 e. The van der Waals surface area contributed by atoms with Crippen LogP contribution in [0.4, 0.5) is 5.69 Å². The third-order valence-corrected chi connectivity index (χ3v) is 3.56. The topological polar surface area (TPSA) is 38.0 Å². The third-order valence-electron chi connectivity index (χ3n) is 3.56. The first kappa shape index (κ1) is 16.9. The first-order valence-corrected chi connectivity index (χ1v) is 8.09. The van der Waals surface area contributed by atoms with Crippen LogP contribution in [0.3, 0.4) is 0 Å². The van der Waals surface area contributed by atoms with Crippen LogP contribution in [0.15, 0.2) is 60.7 Å². The minimum Gasteiger partial charge on any atom is -0.399 e. The molecule has 0 aliphatic rings. The molecule has 0 aliphatic heterocycles. The zero-order valence-corrected chi connectivity index (χ0v) is 13.7. The molecule has 23 heavy (non-hydrogen) atoms. The lowest BCUT2D eigenvalue weighted by molar-refractivity contribution is 0.764. The van der Waals surface area contributed by atoms with Crippen LogP contribution >= 0.6 is 0 Å². The standard InChI is InChI=1S/C21H24N2/c1-2-19(20-11-4-3-5-12-20)14-16-23-15-7-6-9-18-10-8-13-21(22)17-18/h3-5,8,10-14,17,23H,2,7,15-16,22H2,1H3/b19-14+. The number of nitrogen functional groups attached to an aromatic ring is 1. The summed E-state index contributed by atoms with van der Waals surface area (Å²) in [5.41, 5.74) is 10.1. The van der Waals surface area contributed by atoms with Gasteiger partial charge in [0.15, 0.2) is 0 Å². The summed E-state index contributed by atoms with van der Waals surface area (Å²) >= 11 is 0. The minimum absolute atomic E-state index is 0.757. The summed E-state index contributed by atoms with van der Waals surface area (Å²) in [4.78, 5) is 0. The van der Waals surface area contributed by atoms with E-state index in [0.29, 0.717) is 0 Å². The van der Waals surface area contributed by atoms with Crippen LogP contribution in [0.1, 0.15) is 30.9 Å². The zero-order chi connectivity index (χ0) is 16.3. The van der Waals surface area contributed by atoms with Crippen molar-refractivity contribution < 1.29 is 0 Å². The molecule has 0 spiro atoms. The lowest BCUT2D eigenvalue weighted by Crippen LogP contribution is -2.14. The van der Waals surface area contributed by atoms with Crippen LogP contribution in [-0.2, 0) is 0 Å². The summed E-state index contributed by atoms with van der Waals surface area (Å²) < 4.78 is 0. The fourth-order valence-electron chi connectivity index (χ4n) is 2.35.